The van der Waals surface area contributed by atoms with Gasteiger partial charge in [-0.15, -0.1) is 0 Å². The van der Waals surface area contributed by atoms with E-state index in [0.717, 1.165) is 5.56 Å². The van der Waals surface area contributed by atoms with Crippen molar-refractivity contribution in [3.63, 3.8) is 0 Å². The molecule has 0 bridgehead atoms. The third-order valence-electron chi connectivity index (χ3n) is 2.60. The van der Waals surface area contributed by atoms with Crippen molar-refractivity contribution < 1.29 is 9.53 Å². The molecule has 0 aromatic heterocycles. The second kappa shape index (κ2) is 6.68. The van der Waals surface area contributed by atoms with Crippen LogP contribution in [0.1, 0.15) is 15.9 Å². The van der Waals surface area contributed by atoms with E-state index < -0.39 is 0 Å². The minimum Gasteiger partial charge on any atom is -0.489 e. The van der Waals surface area contributed by atoms with Gasteiger partial charge in [-0.25, -0.2) is 0 Å². The Bertz CT molecular complexity index is 597. The van der Waals surface area contributed by atoms with Crippen LogP contribution in [0.3, 0.4) is 0 Å². The fourth-order valence-electron chi connectivity index (χ4n) is 1.63. The Labute approximate surface area is 122 Å². The minimum atomic E-state index is -0.327. The van der Waals surface area contributed by atoms with E-state index in [2.05, 4.69) is 17.5 Å². The monoisotopic (exact) mass is 286 g/mol. The topological polar surface area (TPSA) is 64.3 Å². The van der Waals surface area contributed by atoms with Gasteiger partial charge in [-0.3, -0.25) is 10.1 Å². The molecule has 20 heavy (non-hydrogen) atoms. The van der Waals surface area contributed by atoms with E-state index in [0.29, 0.717) is 17.9 Å². The lowest BCUT2D eigenvalue weighted by atomic mass is 10.2. The molecule has 1 amide bonds. The minimum absolute atomic E-state index is 0.0422. The Hall–Kier alpha value is -2.40. The molecule has 0 fully saturated rings. The molecule has 102 valence electrons. The summed E-state index contributed by atoms with van der Waals surface area (Å²) in [5.74, 6) is 0.368. The van der Waals surface area contributed by atoms with Crippen LogP contribution in [0.25, 0.3) is 0 Å². The van der Waals surface area contributed by atoms with Crippen LogP contribution in [0.15, 0.2) is 54.6 Å². The number of ether oxygens (including phenoxy) is 1. The molecule has 0 aliphatic heterocycles. The summed E-state index contributed by atoms with van der Waals surface area (Å²) in [6, 6.07) is 16.6. The molecule has 0 spiro atoms. The summed E-state index contributed by atoms with van der Waals surface area (Å²) in [7, 11) is 0. The quantitative estimate of drug-likeness (QED) is 0.846. The second-order valence-electron chi connectivity index (χ2n) is 4.12. The first-order valence-corrected chi connectivity index (χ1v) is 6.43. The van der Waals surface area contributed by atoms with Crippen molar-refractivity contribution in [3.05, 3.63) is 65.7 Å². The van der Waals surface area contributed by atoms with Crippen LogP contribution < -0.4 is 15.8 Å². The van der Waals surface area contributed by atoms with E-state index in [4.69, 9.17) is 10.5 Å². The van der Waals surface area contributed by atoms with E-state index in [1.165, 1.54) is 0 Å². The molecule has 5 heteroatoms. The van der Waals surface area contributed by atoms with Gasteiger partial charge in [-0.1, -0.05) is 30.3 Å². The number of benzene rings is 2. The first kappa shape index (κ1) is 14.0. The van der Waals surface area contributed by atoms with E-state index in [1.54, 1.807) is 24.3 Å². The van der Waals surface area contributed by atoms with Crippen molar-refractivity contribution in [2.75, 3.05) is 0 Å². The molecule has 0 heterocycles. The highest BCUT2D eigenvalue weighted by molar-refractivity contribution is 7.80. The van der Waals surface area contributed by atoms with Crippen molar-refractivity contribution in [1.29, 1.82) is 0 Å². The zero-order valence-electron chi connectivity index (χ0n) is 10.7. The average Bonchev–Trinajstić information content (AvgIpc) is 2.46. The van der Waals surface area contributed by atoms with Crippen LogP contribution in [0.4, 0.5) is 0 Å². The molecule has 0 aliphatic carbocycles. The van der Waals surface area contributed by atoms with Gasteiger partial charge in [0.1, 0.15) is 12.4 Å². The van der Waals surface area contributed by atoms with Crippen LogP contribution in [0, 0.1) is 0 Å². The fraction of sp³-hybridized carbons (Fsp3) is 0.0667. The third kappa shape index (κ3) is 4.07. The number of thiocarbonyl (C=S) groups is 1. The van der Waals surface area contributed by atoms with E-state index >= 15 is 0 Å². The highest BCUT2D eigenvalue weighted by atomic mass is 32.1. The second-order valence-corrected chi connectivity index (χ2v) is 4.56. The van der Waals surface area contributed by atoms with Gasteiger partial charge in [0.25, 0.3) is 5.91 Å². The van der Waals surface area contributed by atoms with Crippen LogP contribution in [0.2, 0.25) is 0 Å². The lowest BCUT2D eigenvalue weighted by molar-refractivity contribution is 0.0977. The Balaban J connectivity index is 1.95. The normalized spacial score (nSPS) is 9.80. The first-order chi connectivity index (χ1) is 9.65. The highest BCUT2D eigenvalue weighted by Gasteiger charge is 2.06. The largest absolute Gasteiger partial charge is 0.489 e. The zero-order valence-corrected chi connectivity index (χ0v) is 11.5. The lowest BCUT2D eigenvalue weighted by Crippen LogP contribution is -2.34. The molecule has 4 nitrogen and oxygen atoms in total. The predicted octanol–water partition coefficient (Wildman–Crippen LogP) is 2.24. The summed E-state index contributed by atoms with van der Waals surface area (Å²) < 4.78 is 5.63. The molecule has 0 aliphatic rings. The zero-order chi connectivity index (χ0) is 14.4. The van der Waals surface area contributed by atoms with Crippen LogP contribution in [-0.4, -0.2) is 11.0 Å². The van der Waals surface area contributed by atoms with E-state index in [1.807, 2.05) is 30.3 Å². The van der Waals surface area contributed by atoms with Crippen molar-refractivity contribution in [2.45, 2.75) is 6.61 Å². The maximum atomic E-state index is 11.6. The number of carbonyl (C=O) groups excluding carboxylic acids is 1. The van der Waals surface area contributed by atoms with Crippen molar-refractivity contribution >= 4 is 23.2 Å². The highest BCUT2D eigenvalue weighted by Crippen LogP contribution is 2.14. The van der Waals surface area contributed by atoms with Crippen molar-refractivity contribution in [2.24, 2.45) is 5.73 Å². The molecular weight excluding hydrogens is 272 g/mol. The summed E-state index contributed by atoms with van der Waals surface area (Å²) in [6.07, 6.45) is 0. The molecule has 2 aromatic carbocycles. The van der Waals surface area contributed by atoms with Crippen LogP contribution >= 0.6 is 12.2 Å². The van der Waals surface area contributed by atoms with Gasteiger partial charge in [0.05, 0.1) is 0 Å². The number of nitrogens with one attached hydrogen (secondary N) is 1. The van der Waals surface area contributed by atoms with Gasteiger partial charge in [0.2, 0.25) is 0 Å². The van der Waals surface area contributed by atoms with Gasteiger partial charge in [0.15, 0.2) is 5.11 Å². The van der Waals surface area contributed by atoms with Crippen molar-refractivity contribution in [3.8, 4) is 5.75 Å². The average molecular weight is 286 g/mol. The molecule has 3 N–H and O–H groups in total. The molecule has 2 rings (SSSR count). The van der Waals surface area contributed by atoms with Gasteiger partial charge in [0, 0.05) is 5.56 Å². The Kier molecular flexibility index (Phi) is 4.68. The van der Waals surface area contributed by atoms with Crippen LogP contribution in [-0.2, 0) is 6.61 Å². The standard InChI is InChI=1S/C15H14N2O2S/c16-15(20)17-14(18)12-6-8-13(9-7-12)19-10-11-4-2-1-3-5-11/h1-9H,10H2,(H3,16,17,18,20). The SMILES string of the molecule is NC(=S)NC(=O)c1ccc(OCc2ccccc2)cc1. The molecule has 0 atom stereocenters. The summed E-state index contributed by atoms with van der Waals surface area (Å²) >= 11 is 4.61. The van der Waals surface area contributed by atoms with Crippen LogP contribution in [0.5, 0.6) is 5.75 Å². The molecule has 0 radical (unpaired) electrons. The Morgan fingerprint density at radius 2 is 1.75 bits per heavy atom. The third-order valence-corrected chi connectivity index (χ3v) is 2.70. The molecular formula is C15H14N2O2S. The maximum absolute atomic E-state index is 11.6. The number of nitrogens with two attached hydrogens (primary N) is 1. The number of rotatable bonds is 4. The summed E-state index contributed by atoms with van der Waals surface area (Å²) in [6.45, 7) is 0.485. The lowest BCUT2D eigenvalue weighted by Gasteiger charge is -2.07. The molecule has 0 saturated carbocycles. The summed E-state index contributed by atoms with van der Waals surface area (Å²) in [4.78, 5) is 11.6. The summed E-state index contributed by atoms with van der Waals surface area (Å²) in [5, 5.41) is 2.32. The molecule has 2 aromatic rings. The van der Waals surface area contributed by atoms with Gasteiger partial charge >= 0.3 is 0 Å². The predicted molar refractivity (Wildman–Crippen MR) is 81.5 cm³/mol. The van der Waals surface area contributed by atoms with Gasteiger partial charge < -0.3 is 10.5 Å². The van der Waals surface area contributed by atoms with Crippen molar-refractivity contribution in [1.82, 2.24) is 5.32 Å². The number of hydrogen-bond acceptors (Lipinski definition) is 3. The van der Waals surface area contributed by atoms with E-state index in [9.17, 15) is 4.79 Å². The van der Waals surface area contributed by atoms with Gasteiger partial charge in [-0.05, 0) is 42.0 Å². The smallest absolute Gasteiger partial charge is 0.257 e. The number of amides is 1. The molecule has 0 unspecified atom stereocenters. The Morgan fingerprint density at radius 3 is 2.35 bits per heavy atom. The Morgan fingerprint density at radius 1 is 1.10 bits per heavy atom. The maximum Gasteiger partial charge on any atom is 0.257 e. The number of carbonyl (C=O) groups is 1. The first-order valence-electron chi connectivity index (χ1n) is 6.03. The van der Waals surface area contributed by atoms with E-state index in [-0.39, 0.29) is 11.0 Å². The summed E-state index contributed by atoms with van der Waals surface area (Å²) in [5.41, 5.74) is 6.81. The number of hydrogen-bond donors (Lipinski definition) is 2. The van der Waals surface area contributed by atoms with Gasteiger partial charge in [-0.2, -0.15) is 0 Å². The fourth-order valence-corrected chi connectivity index (χ4v) is 1.72. The molecule has 0 saturated heterocycles.